The van der Waals surface area contributed by atoms with Crippen LogP contribution >= 0.6 is 0 Å². The number of nitrogens with one attached hydrogen (secondary N) is 1. The Bertz CT molecular complexity index is 703. The lowest BCUT2D eigenvalue weighted by Crippen LogP contribution is -2.12. The van der Waals surface area contributed by atoms with E-state index in [9.17, 15) is 4.79 Å². The van der Waals surface area contributed by atoms with Gasteiger partial charge in [0.15, 0.2) is 17.2 Å². The Morgan fingerprint density at radius 3 is 2.73 bits per heavy atom. The summed E-state index contributed by atoms with van der Waals surface area (Å²) in [5, 5.41) is 10.1. The highest BCUT2D eigenvalue weighted by Crippen LogP contribution is 2.32. The molecule has 0 bridgehead atoms. The van der Waals surface area contributed by atoms with E-state index >= 15 is 0 Å². The summed E-state index contributed by atoms with van der Waals surface area (Å²) in [5.74, 6) is 0.498. The summed E-state index contributed by atoms with van der Waals surface area (Å²) in [5.41, 5.74) is 7.56. The van der Waals surface area contributed by atoms with Crippen molar-refractivity contribution in [1.29, 1.82) is 0 Å². The molecule has 0 fully saturated rings. The van der Waals surface area contributed by atoms with Crippen molar-refractivity contribution in [3.8, 4) is 22.8 Å². The second-order valence-corrected chi connectivity index (χ2v) is 4.84. The van der Waals surface area contributed by atoms with Crippen molar-refractivity contribution in [3.63, 3.8) is 0 Å². The molecular formula is C15H18N4O3. The number of nitrogens with two attached hydrogens (primary N) is 1. The number of aromatic amines is 1. The molecular weight excluding hydrogens is 284 g/mol. The van der Waals surface area contributed by atoms with Gasteiger partial charge in [0.2, 0.25) is 0 Å². The van der Waals surface area contributed by atoms with E-state index in [-0.39, 0.29) is 5.69 Å². The predicted octanol–water partition coefficient (Wildman–Crippen LogP) is 1.92. The molecule has 0 aliphatic rings. The number of carbonyl (C=O) groups excluding carboxylic acids is 1. The molecule has 1 amide bonds. The number of benzene rings is 1. The van der Waals surface area contributed by atoms with Gasteiger partial charge < -0.3 is 15.2 Å². The molecule has 7 nitrogen and oxygen atoms in total. The number of nitrogens with zero attached hydrogens (tertiary/aromatic N) is 2. The van der Waals surface area contributed by atoms with Crippen molar-refractivity contribution in [1.82, 2.24) is 15.4 Å². The van der Waals surface area contributed by atoms with Gasteiger partial charge in [-0.2, -0.15) is 15.4 Å². The Morgan fingerprint density at radius 2 is 2.09 bits per heavy atom. The number of allylic oxidation sites excluding steroid dienone is 1. The number of hydrogen-bond acceptors (Lipinski definition) is 5. The normalized spacial score (nSPS) is 10.1. The van der Waals surface area contributed by atoms with Gasteiger partial charge in [0.05, 0.1) is 7.11 Å². The first kappa shape index (κ1) is 15.6. The van der Waals surface area contributed by atoms with Crippen molar-refractivity contribution >= 4 is 5.91 Å². The topological polar surface area (TPSA) is 103 Å². The van der Waals surface area contributed by atoms with Crippen LogP contribution < -0.4 is 15.2 Å². The molecule has 0 unspecified atom stereocenters. The van der Waals surface area contributed by atoms with Gasteiger partial charge in [-0.3, -0.25) is 4.79 Å². The zero-order valence-corrected chi connectivity index (χ0v) is 12.7. The maximum absolute atomic E-state index is 11.3. The largest absolute Gasteiger partial charge is 0.493 e. The van der Waals surface area contributed by atoms with E-state index in [1.807, 2.05) is 19.9 Å². The molecule has 0 radical (unpaired) electrons. The van der Waals surface area contributed by atoms with Crippen molar-refractivity contribution in [3.05, 3.63) is 35.5 Å². The molecule has 0 spiro atoms. The molecule has 1 heterocycles. The zero-order chi connectivity index (χ0) is 16.1. The number of ether oxygens (including phenoxy) is 2. The third-order valence-electron chi connectivity index (χ3n) is 2.95. The maximum Gasteiger partial charge on any atom is 0.271 e. The minimum absolute atomic E-state index is 0.0836. The molecule has 116 valence electrons. The van der Waals surface area contributed by atoms with E-state index < -0.39 is 5.91 Å². The minimum Gasteiger partial charge on any atom is -0.493 e. The van der Waals surface area contributed by atoms with Crippen LogP contribution in [-0.4, -0.2) is 35.0 Å². The number of methoxy groups -OCH3 is 1. The molecule has 1 aromatic carbocycles. The molecule has 0 aliphatic carbocycles. The number of rotatable bonds is 6. The summed E-state index contributed by atoms with van der Waals surface area (Å²) >= 11 is 0. The highest BCUT2D eigenvalue weighted by Gasteiger charge is 2.17. The number of primary amides is 1. The Morgan fingerprint density at radius 1 is 1.32 bits per heavy atom. The Balaban J connectivity index is 2.30. The summed E-state index contributed by atoms with van der Waals surface area (Å²) in [6.45, 7) is 4.45. The van der Waals surface area contributed by atoms with Crippen LogP contribution in [0.2, 0.25) is 0 Å². The zero-order valence-electron chi connectivity index (χ0n) is 12.7. The van der Waals surface area contributed by atoms with Gasteiger partial charge in [-0.05, 0) is 38.1 Å². The van der Waals surface area contributed by atoms with Crippen LogP contribution in [0.15, 0.2) is 29.8 Å². The third-order valence-corrected chi connectivity index (χ3v) is 2.95. The Labute approximate surface area is 128 Å². The van der Waals surface area contributed by atoms with Gasteiger partial charge in [-0.25, -0.2) is 0 Å². The van der Waals surface area contributed by atoms with Gasteiger partial charge in [0.25, 0.3) is 5.91 Å². The summed E-state index contributed by atoms with van der Waals surface area (Å²) in [4.78, 5) is 11.3. The first-order chi connectivity index (χ1) is 10.5. The fourth-order valence-corrected chi connectivity index (χ4v) is 1.84. The first-order valence-corrected chi connectivity index (χ1v) is 6.68. The molecule has 0 aliphatic heterocycles. The monoisotopic (exact) mass is 302 g/mol. The second kappa shape index (κ2) is 6.75. The number of aromatic nitrogens is 3. The summed E-state index contributed by atoms with van der Waals surface area (Å²) in [7, 11) is 1.55. The number of hydrogen-bond donors (Lipinski definition) is 2. The van der Waals surface area contributed by atoms with Crippen molar-refractivity contribution in [2.24, 2.45) is 5.73 Å². The van der Waals surface area contributed by atoms with E-state index in [1.54, 1.807) is 25.3 Å². The van der Waals surface area contributed by atoms with E-state index in [1.165, 1.54) is 5.57 Å². The van der Waals surface area contributed by atoms with Gasteiger partial charge in [0, 0.05) is 5.56 Å². The molecule has 0 saturated heterocycles. The summed E-state index contributed by atoms with van der Waals surface area (Å²) in [6.07, 6.45) is 1.97. The molecule has 1 aromatic heterocycles. The second-order valence-electron chi connectivity index (χ2n) is 4.84. The summed E-state index contributed by atoms with van der Waals surface area (Å²) < 4.78 is 11.0. The molecule has 2 aromatic rings. The molecule has 22 heavy (non-hydrogen) atoms. The van der Waals surface area contributed by atoms with E-state index in [2.05, 4.69) is 15.4 Å². The Kier molecular flexibility index (Phi) is 4.77. The van der Waals surface area contributed by atoms with Crippen molar-refractivity contribution < 1.29 is 14.3 Å². The smallest absolute Gasteiger partial charge is 0.271 e. The molecule has 0 saturated carbocycles. The highest BCUT2D eigenvalue weighted by atomic mass is 16.5. The van der Waals surface area contributed by atoms with Crippen LogP contribution in [0.5, 0.6) is 11.5 Å². The highest BCUT2D eigenvalue weighted by molar-refractivity contribution is 5.96. The minimum atomic E-state index is -0.647. The molecule has 0 atom stereocenters. The van der Waals surface area contributed by atoms with Crippen LogP contribution in [0.25, 0.3) is 11.3 Å². The third kappa shape index (κ3) is 3.43. The molecule has 7 heteroatoms. The van der Waals surface area contributed by atoms with Gasteiger partial charge in [0.1, 0.15) is 12.3 Å². The van der Waals surface area contributed by atoms with Gasteiger partial charge >= 0.3 is 0 Å². The van der Waals surface area contributed by atoms with Gasteiger partial charge in [-0.1, -0.05) is 5.57 Å². The van der Waals surface area contributed by atoms with Crippen molar-refractivity contribution in [2.75, 3.05) is 13.7 Å². The standard InChI is InChI=1S/C15H18N4O3/c1-9(2)6-7-22-11-5-4-10(8-12(11)21-3)13-14(15(16)20)18-19-17-13/h4-6,8H,7H2,1-3H3,(H2,16,20)(H,17,18,19). The number of H-pyrrole nitrogens is 1. The average Bonchev–Trinajstić information content (AvgIpc) is 2.96. The molecule has 3 N–H and O–H groups in total. The van der Waals surface area contributed by atoms with Crippen LogP contribution in [0.1, 0.15) is 24.3 Å². The lowest BCUT2D eigenvalue weighted by molar-refractivity contribution is 0.0996. The number of amides is 1. The van der Waals surface area contributed by atoms with E-state index in [0.29, 0.717) is 29.4 Å². The Hall–Kier alpha value is -2.83. The maximum atomic E-state index is 11.3. The van der Waals surface area contributed by atoms with Crippen LogP contribution in [-0.2, 0) is 0 Å². The fourth-order valence-electron chi connectivity index (χ4n) is 1.84. The summed E-state index contributed by atoms with van der Waals surface area (Å²) in [6, 6.07) is 5.25. The predicted molar refractivity (Wildman–Crippen MR) is 81.8 cm³/mol. The van der Waals surface area contributed by atoms with E-state index in [4.69, 9.17) is 15.2 Å². The quantitative estimate of drug-likeness (QED) is 0.793. The van der Waals surface area contributed by atoms with Gasteiger partial charge in [-0.15, -0.1) is 0 Å². The fraction of sp³-hybridized carbons (Fsp3) is 0.267. The van der Waals surface area contributed by atoms with Crippen LogP contribution in [0.4, 0.5) is 0 Å². The van der Waals surface area contributed by atoms with Crippen LogP contribution in [0, 0.1) is 0 Å². The van der Waals surface area contributed by atoms with Crippen LogP contribution in [0.3, 0.4) is 0 Å². The van der Waals surface area contributed by atoms with E-state index in [0.717, 1.165) is 0 Å². The lowest BCUT2D eigenvalue weighted by Gasteiger charge is -2.10. The SMILES string of the molecule is COc1cc(-c2n[nH]nc2C(N)=O)ccc1OCC=C(C)C. The first-order valence-electron chi connectivity index (χ1n) is 6.68. The average molecular weight is 302 g/mol. The molecule has 2 rings (SSSR count). The number of carbonyl (C=O) groups is 1. The lowest BCUT2D eigenvalue weighted by atomic mass is 10.1. The van der Waals surface area contributed by atoms with Crippen molar-refractivity contribution in [2.45, 2.75) is 13.8 Å².